The zero-order chi connectivity index (χ0) is 12.4. The van der Waals surface area contributed by atoms with Gasteiger partial charge in [0.2, 0.25) is 0 Å². The summed E-state index contributed by atoms with van der Waals surface area (Å²) in [6.45, 7) is 3.71. The van der Waals surface area contributed by atoms with E-state index in [2.05, 4.69) is 11.0 Å². The Morgan fingerprint density at radius 3 is 2.78 bits per heavy atom. The monoisotopic (exact) mass is 247 g/mol. The second-order valence-electron chi connectivity index (χ2n) is 4.79. The van der Waals surface area contributed by atoms with Crippen LogP contribution >= 0.6 is 0 Å². The molecule has 0 saturated carbocycles. The molecule has 2 heterocycles. The number of rotatable bonds is 3. The van der Waals surface area contributed by atoms with Crippen LogP contribution in [0.5, 0.6) is 11.5 Å². The van der Waals surface area contributed by atoms with Gasteiger partial charge in [-0.15, -0.1) is 0 Å². The minimum Gasteiger partial charge on any atom is -0.486 e. The number of carbonyl (C=O) groups is 1. The number of fused-ring (bicyclic) bond motifs is 1. The standard InChI is InChI=1S/C14H17NO3/c16-12-4-6-15(10-12)5-3-11-1-2-13-14(9-11)18-8-7-17-13/h1-2,9H,3-8,10H2. The molecular weight excluding hydrogens is 230 g/mol. The van der Waals surface area contributed by atoms with Crippen LogP contribution in [0.2, 0.25) is 0 Å². The van der Waals surface area contributed by atoms with E-state index in [9.17, 15) is 4.79 Å². The molecule has 1 saturated heterocycles. The molecule has 18 heavy (non-hydrogen) atoms. The molecule has 4 nitrogen and oxygen atoms in total. The zero-order valence-electron chi connectivity index (χ0n) is 10.4. The lowest BCUT2D eigenvalue weighted by atomic mass is 10.1. The summed E-state index contributed by atoms with van der Waals surface area (Å²) in [5, 5.41) is 0. The van der Waals surface area contributed by atoms with E-state index in [0.717, 1.165) is 31.0 Å². The molecule has 2 aliphatic heterocycles. The third kappa shape index (κ3) is 2.48. The van der Waals surface area contributed by atoms with E-state index in [1.165, 1.54) is 5.56 Å². The molecule has 2 aliphatic rings. The van der Waals surface area contributed by atoms with Gasteiger partial charge in [0.1, 0.15) is 19.0 Å². The fourth-order valence-electron chi connectivity index (χ4n) is 2.41. The van der Waals surface area contributed by atoms with Gasteiger partial charge in [0.15, 0.2) is 11.5 Å². The molecule has 0 aromatic heterocycles. The van der Waals surface area contributed by atoms with Crippen molar-refractivity contribution in [2.45, 2.75) is 12.8 Å². The Morgan fingerprint density at radius 2 is 2.00 bits per heavy atom. The molecule has 0 radical (unpaired) electrons. The number of hydrogen-bond donors (Lipinski definition) is 0. The van der Waals surface area contributed by atoms with Crippen LogP contribution in [0, 0.1) is 0 Å². The number of benzene rings is 1. The average molecular weight is 247 g/mol. The van der Waals surface area contributed by atoms with Crippen molar-refractivity contribution in [3.8, 4) is 11.5 Å². The van der Waals surface area contributed by atoms with Crippen LogP contribution in [-0.2, 0) is 11.2 Å². The van der Waals surface area contributed by atoms with Crippen molar-refractivity contribution in [3.05, 3.63) is 23.8 Å². The number of nitrogens with zero attached hydrogens (tertiary/aromatic N) is 1. The minimum absolute atomic E-state index is 0.358. The molecule has 0 unspecified atom stereocenters. The highest BCUT2D eigenvalue weighted by Crippen LogP contribution is 2.30. The molecule has 0 N–H and O–H groups in total. The molecule has 3 rings (SSSR count). The second-order valence-corrected chi connectivity index (χ2v) is 4.79. The van der Waals surface area contributed by atoms with Gasteiger partial charge >= 0.3 is 0 Å². The van der Waals surface area contributed by atoms with E-state index in [1.54, 1.807) is 0 Å². The highest BCUT2D eigenvalue weighted by molar-refractivity contribution is 5.82. The predicted molar refractivity (Wildman–Crippen MR) is 67.2 cm³/mol. The zero-order valence-corrected chi connectivity index (χ0v) is 10.4. The van der Waals surface area contributed by atoms with E-state index < -0.39 is 0 Å². The quantitative estimate of drug-likeness (QED) is 0.806. The maximum atomic E-state index is 11.2. The number of carbonyl (C=O) groups excluding carboxylic acids is 1. The number of ether oxygens (including phenoxy) is 2. The highest BCUT2D eigenvalue weighted by Gasteiger charge is 2.19. The number of hydrogen-bond acceptors (Lipinski definition) is 4. The first-order valence-corrected chi connectivity index (χ1v) is 6.44. The summed E-state index contributed by atoms with van der Waals surface area (Å²) >= 11 is 0. The second kappa shape index (κ2) is 4.98. The fourth-order valence-corrected chi connectivity index (χ4v) is 2.41. The van der Waals surface area contributed by atoms with Crippen molar-refractivity contribution >= 4 is 5.78 Å². The van der Waals surface area contributed by atoms with Gasteiger partial charge in [0.05, 0.1) is 6.54 Å². The van der Waals surface area contributed by atoms with Gasteiger partial charge in [-0.2, -0.15) is 0 Å². The summed E-state index contributed by atoms with van der Waals surface area (Å²) in [6, 6.07) is 6.09. The molecule has 0 bridgehead atoms. The first-order valence-electron chi connectivity index (χ1n) is 6.44. The van der Waals surface area contributed by atoms with Crippen molar-refractivity contribution in [3.63, 3.8) is 0 Å². The molecule has 1 aromatic carbocycles. The van der Waals surface area contributed by atoms with E-state index >= 15 is 0 Å². The van der Waals surface area contributed by atoms with E-state index in [0.29, 0.717) is 32.0 Å². The first-order chi connectivity index (χ1) is 8.81. The molecule has 0 atom stereocenters. The number of Topliss-reactive ketones (excluding diaryl/α,β-unsaturated/α-hetero) is 1. The summed E-state index contributed by atoms with van der Waals surface area (Å²) in [4.78, 5) is 13.4. The average Bonchev–Trinajstić information content (AvgIpc) is 2.82. The summed E-state index contributed by atoms with van der Waals surface area (Å²) in [7, 11) is 0. The first kappa shape index (κ1) is 11.5. The van der Waals surface area contributed by atoms with Gasteiger partial charge in [-0.25, -0.2) is 0 Å². The summed E-state index contributed by atoms with van der Waals surface area (Å²) in [5.41, 5.74) is 1.23. The topological polar surface area (TPSA) is 38.8 Å². The maximum Gasteiger partial charge on any atom is 0.161 e. The summed E-state index contributed by atoms with van der Waals surface area (Å²) < 4.78 is 11.1. The SMILES string of the molecule is O=C1CCN(CCc2ccc3c(c2)OCCO3)C1. The summed E-state index contributed by atoms with van der Waals surface area (Å²) in [5.74, 6) is 2.04. The van der Waals surface area contributed by atoms with Gasteiger partial charge < -0.3 is 9.47 Å². The van der Waals surface area contributed by atoms with Gasteiger partial charge in [-0.05, 0) is 24.1 Å². The Hall–Kier alpha value is -1.55. The van der Waals surface area contributed by atoms with Crippen molar-refractivity contribution in [2.24, 2.45) is 0 Å². The molecule has 1 aromatic rings. The molecule has 96 valence electrons. The third-order valence-electron chi connectivity index (χ3n) is 3.43. The van der Waals surface area contributed by atoms with Crippen LogP contribution in [-0.4, -0.2) is 43.5 Å². The lowest BCUT2D eigenvalue weighted by Gasteiger charge is -2.19. The molecule has 1 fully saturated rings. The van der Waals surface area contributed by atoms with Crippen LogP contribution in [0.4, 0.5) is 0 Å². The Labute approximate surface area is 106 Å². The predicted octanol–water partition coefficient (Wildman–Crippen LogP) is 1.28. The van der Waals surface area contributed by atoms with Crippen LogP contribution in [0.15, 0.2) is 18.2 Å². The van der Waals surface area contributed by atoms with E-state index in [4.69, 9.17) is 9.47 Å². The Kier molecular flexibility index (Phi) is 3.19. The van der Waals surface area contributed by atoms with Crippen LogP contribution in [0.1, 0.15) is 12.0 Å². The maximum absolute atomic E-state index is 11.2. The Balaban J connectivity index is 1.61. The number of likely N-dealkylation sites (tertiary alicyclic amines) is 1. The normalized spacial score (nSPS) is 19.2. The summed E-state index contributed by atoms with van der Waals surface area (Å²) in [6.07, 6.45) is 1.66. The van der Waals surface area contributed by atoms with E-state index in [1.807, 2.05) is 12.1 Å². The van der Waals surface area contributed by atoms with Crippen molar-refractivity contribution in [1.29, 1.82) is 0 Å². The van der Waals surface area contributed by atoms with Gasteiger partial charge in [0, 0.05) is 19.5 Å². The molecule has 4 heteroatoms. The van der Waals surface area contributed by atoms with Crippen LogP contribution < -0.4 is 9.47 Å². The fraction of sp³-hybridized carbons (Fsp3) is 0.500. The Morgan fingerprint density at radius 1 is 1.17 bits per heavy atom. The highest BCUT2D eigenvalue weighted by atomic mass is 16.6. The van der Waals surface area contributed by atoms with Gasteiger partial charge in [-0.1, -0.05) is 6.07 Å². The third-order valence-corrected chi connectivity index (χ3v) is 3.43. The lowest BCUT2D eigenvalue weighted by molar-refractivity contribution is -0.116. The largest absolute Gasteiger partial charge is 0.486 e. The van der Waals surface area contributed by atoms with Gasteiger partial charge in [0.25, 0.3) is 0 Å². The van der Waals surface area contributed by atoms with Crippen molar-refractivity contribution in [2.75, 3.05) is 32.8 Å². The van der Waals surface area contributed by atoms with E-state index in [-0.39, 0.29) is 0 Å². The van der Waals surface area contributed by atoms with Gasteiger partial charge in [-0.3, -0.25) is 9.69 Å². The molecule has 0 amide bonds. The smallest absolute Gasteiger partial charge is 0.161 e. The van der Waals surface area contributed by atoms with Crippen LogP contribution in [0.25, 0.3) is 0 Å². The number of ketones is 1. The molecule has 0 aliphatic carbocycles. The minimum atomic E-state index is 0.358. The Bertz CT molecular complexity index is 458. The van der Waals surface area contributed by atoms with Crippen LogP contribution in [0.3, 0.4) is 0 Å². The lowest BCUT2D eigenvalue weighted by Crippen LogP contribution is -2.23. The molecule has 0 spiro atoms. The molecular formula is C14H17NO3. The van der Waals surface area contributed by atoms with Crippen molar-refractivity contribution < 1.29 is 14.3 Å². The van der Waals surface area contributed by atoms with Crippen molar-refractivity contribution in [1.82, 2.24) is 4.90 Å².